The molecule has 1 aliphatic rings. The van der Waals surface area contributed by atoms with Crippen molar-refractivity contribution < 1.29 is 9.32 Å². The molecule has 18 heavy (non-hydrogen) atoms. The molecule has 100 valence electrons. The molecule has 2 atom stereocenters. The van der Waals surface area contributed by atoms with Crippen molar-refractivity contribution in [3.63, 3.8) is 0 Å². The van der Waals surface area contributed by atoms with Crippen LogP contribution in [0.4, 0.5) is 0 Å². The van der Waals surface area contributed by atoms with Gasteiger partial charge in [-0.1, -0.05) is 5.16 Å². The monoisotopic (exact) mass is 251 g/mol. The lowest BCUT2D eigenvalue weighted by molar-refractivity contribution is -0.121. The van der Waals surface area contributed by atoms with Gasteiger partial charge in [0.2, 0.25) is 5.91 Å². The Kier molecular flexibility index (Phi) is 4.01. The quantitative estimate of drug-likeness (QED) is 0.856. The standard InChI is InChI=1S/C13H21N3O2/c1-8(13-9(2)16-18-10(13)3)15-11-5-4-6-14-12(17)7-11/h8,11,15H,4-7H2,1-3H3,(H,14,17). The number of hydrogen-bond acceptors (Lipinski definition) is 4. The molecular formula is C13H21N3O2. The van der Waals surface area contributed by atoms with Gasteiger partial charge in [0.1, 0.15) is 5.76 Å². The number of amides is 1. The van der Waals surface area contributed by atoms with Crippen molar-refractivity contribution in [1.82, 2.24) is 15.8 Å². The molecule has 2 N–H and O–H groups in total. The molecular weight excluding hydrogens is 230 g/mol. The molecule has 1 aromatic heterocycles. The largest absolute Gasteiger partial charge is 0.361 e. The zero-order valence-corrected chi connectivity index (χ0v) is 11.2. The number of hydrogen-bond donors (Lipinski definition) is 2. The van der Waals surface area contributed by atoms with E-state index in [9.17, 15) is 4.79 Å². The average Bonchev–Trinajstić information content (AvgIpc) is 2.51. The summed E-state index contributed by atoms with van der Waals surface area (Å²) in [4.78, 5) is 11.5. The Morgan fingerprint density at radius 2 is 2.28 bits per heavy atom. The van der Waals surface area contributed by atoms with E-state index in [0.29, 0.717) is 6.42 Å². The highest BCUT2D eigenvalue weighted by molar-refractivity contribution is 5.76. The second-order valence-electron chi connectivity index (χ2n) is 5.02. The van der Waals surface area contributed by atoms with Gasteiger partial charge in [-0.3, -0.25) is 4.79 Å². The summed E-state index contributed by atoms with van der Waals surface area (Å²) in [7, 11) is 0. The van der Waals surface area contributed by atoms with Crippen LogP contribution >= 0.6 is 0 Å². The second-order valence-corrected chi connectivity index (χ2v) is 5.02. The second kappa shape index (κ2) is 5.52. The van der Waals surface area contributed by atoms with Crippen LogP contribution in [-0.2, 0) is 4.79 Å². The highest BCUT2D eigenvalue weighted by Gasteiger charge is 2.22. The van der Waals surface area contributed by atoms with Crippen LogP contribution in [0.15, 0.2) is 4.52 Å². The molecule has 1 saturated heterocycles. The Morgan fingerprint density at radius 1 is 1.50 bits per heavy atom. The van der Waals surface area contributed by atoms with Crippen molar-refractivity contribution in [1.29, 1.82) is 0 Å². The van der Waals surface area contributed by atoms with Crippen LogP contribution in [0.3, 0.4) is 0 Å². The lowest BCUT2D eigenvalue weighted by Gasteiger charge is -2.21. The van der Waals surface area contributed by atoms with Crippen LogP contribution in [0.2, 0.25) is 0 Å². The minimum absolute atomic E-state index is 0.135. The van der Waals surface area contributed by atoms with E-state index >= 15 is 0 Å². The normalized spacial score (nSPS) is 22.4. The molecule has 0 saturated carbocycles. The van der Waals surface area contributed by atoms with Gasteiger partial charge in [0.05, 0.1) is 5.69 Å². The predicted octanol–water partition coefficient (Wildman–Crippen LogP) is 1.61. The molecule has 5 heteroatoms. The first-order valence-electron chi connectivity index (χ1n) is 6.53. The van der Waals surface area contributed by atoms with Gasteiger partial charge >= 0.3 is 0 Å². The molecule has 1 fully saturated rings. The number of carbonyl (C=O) groups excluding carboxylic acids is 1. The van der Waals surface area contributed by atoms with Crippen molar-refractivity contribution in [2.24, 2.45) is 0 Å². The summed E-state index contributed by atoms with van der Waals surface area (Å²) in [5.74, 6) is 0.988. The van der Waals surface area contributed by atoms with Crippen molar-refractivity contribution in [2.45, 2.75) is 52.1 Å². The van der Waals surface area contributed by atoms with E-state index in [1.807, 2.05) is 13.8 Å². The number of aromatic nitrogens is 1. The van der Waals surface area contributed by atoms with E-state index < -0.39 is 0 Å². The molecule has 0 spiro atoms. The van der Waals surface area contributed by atoms with Crippen molar-refractivity contribution in [3.8, 4) is 0 Å². The molecule has 1 aliphatic heterocycles. The van der Waals surface area contributed by atoms with E-state index in [2.05, 4.69) is 22.7 Å². The summed E-state index contributed by atoms with van der Waals surface area (Å²) in [6.07, 6.45) is 2.60. The van der Waals surface area contributed by atoms with Crippen LogP contribution in [0, 0.1) is 13.8 Å². The van der Waals surface area contributed by atoms with Crippen LogP contribution in [-0.4, -0.2) is 23.7 Å². The minimum atomic E-state index is 0.135. The first-order valence-corrected chi connectivity index (χ1v) is 6.53. The fourth-order valence-corrected chi connectivity index (χ4v) is 2.66. The molecule has 2 rings (SSSR count). The fraction of sp³-hybridized carbons (Fsp3) is 0.692. The molecule has 5 nitrogen and oxygen atoms in total. The van der Waals surface area contributed by atoms with Crippen LogP contribution < -0.4 is 10.6 Å². The van der Waals surface area contributed by atoms with E-state index in [0.717, 1.165) is 36.4 Å². The summed E-state index contributed by atoms with van der Waals surface area (Å²) in [5, 5.41) is 10.4. The van der Waals surface area contributed by atoms with Gasteiger partial charge in [-0.25, -0.2) is 0 Å². The summed E-state index contributed by atoms with van der Waals surface area (Å²) < 4.78 is 5.18. The third kappa shape index (κ3) is 2.90. The fourth-order valence-electron chi connectivity index (χ4n) is 2.66. The smallest absolute Gasteiger partial charge is 0.221 e. The molecule has 0 bridgehead atoms. The van der Waals surface area contributed by atoms with E-state index in [4.69, 9.17) is 4.52 Å². The number of nitrogens with one attached hydrogen (secondary N) is 2. The highest BCUT2D eigenvalue weighted by Crippen LogP contribution is 2.22. The SMILES string of the molecule is Cc1noc(C)c1C(C)NC1CCCNC(=O)C1. The zero-order valence-electron chi connectivity index (χ0n) is 11.2. The summed E-state index contributed by atoms with van der Waals surface area (Å²) in [5.41, 5.74) is 2.03. The number of aryl methyl sites for hydroxylation is 2. The van der Waals surface area contributed by atoms with Gasteiger partial charge in [-0.15, -0.1) is 0 Å². The average molecular weight is 251 g/mol. The lowest BCUT2D eigenvalue weighted by atomic mass is 10.0. The van der Waals surface area contributed by atoms with Crippen molar-refractivity contribution in [3.05, 3.63) is 17.0 Å². The molecule has 1 aromatic rings. The van der Waals surface area contributed by atoms with E-state index in [1.165, 1.54) is 0 Å². The molecule has 2 unspecified atom stereocenters. The zero-order chi connectivity index (χ0) is 13.1. The molecule has 0 aliphatic carbocycles. The summed E-state index contributed by atoms with van der Waals surface area (Å²) in [6, 6.07) is 0.392. The third-order valence-electron chi connectivity index (χ3n) is 3.49. The lowest BCUT2D eigenvalue weighted by Crippen LogP contribution is -2.34. The Labute approximate surface area is 107 Å². The summed E-state index contributed by atoms with van der Waals surface area (Å²) >= 11 is 0. The van der Waals surface area contributed by atoms with Crippen molar-refractivity contribution >= 4 is 5.91 Å². The minimum Gasteiger partial charge on any atom is -0.361 e. The van der Waals surface area contributed by atoms with Crippen LogP contribution in [0.1, 0.15) is 49.2 Å². The van der Waals surface area contributed by atoms with Crippen LogP contribution in [0.5, 0.6) is 0 Å². The van der Waals surface area contributed by atoms with Gasteiger partial charge in [-0.05, 0) is 33.6 Å². The van der Waals surface area contributed by atoms with E-state index in [1.54, 1.807) is 0 Å². The van der Waals surface area contributed by atoms with Gasteiger partial charge in [-0.2, -0.15) is 0 Å². The Bertz CT molecular complexity index is 408. The predicted molar refractivity (Wildman–Crippen MR) is 68.2 cm³/mol. The van der Waals surface area contributed by atoms with Gasteiger partial charge in [0, 0.05) is 30.6 Å². The van der Waals surface area contributed by atoms with Gasteiger partial charge in [0.25, 0.3) is 0 Å². The van der Waals surface area contributed by atoms with E-state index in [-0.39, 0.29) is 18.0 Å². The third-order valence-corrected chi connectivity index (χ3v) is 3.49. The maximum absolute atomic E-state index is 11.5. The Morgan fingerprint density at radius 3 is 2.94 bits per heavy atom. The van der Waals surface area contributed by atoms with Crippen LogP contribution in [0.25, 0.3) is 0 Å². The first kappa shape index (κ1) is 13.1. The first-order chi connectivity index (χ1) is 8.58. The number of rotatable bonds is 3. The molecule has 0 aromatic carbocycles. The maximum atomic E-state index is 11.5. The van der Waals surface area contributed by atoms with Gasteiger partial charge < -0.3 is 15.2 Å². The number of carbonyl (C=O) groups is 1. The Balaban J connectivity index is 2.02. The van der Waals surface area contributed by atoms with Gasteiger partial charge in [0.15, 0.2) is 0 Å². The highest BCUT2D eigenvalue weighted by atomic mass is 16.5. The number of nitrogens with zero attached hydrogens (tertiary/aromatic N) is 1. The molecule has 2 heterocycles. The summed E-state index contributed by atoms with van der Waals surface area (Å²) in [6.45, 7) is 6.75. The molecule has 1 amide bonds. The molecule has 0 radical (unpaired) electrons. The Hall–Kier alpha value is -1.36. The topological polar surface area (TPSA) is 67.2 Å². The van der Waals surface area contributed by atoms with Crippen molar-refractivity contribution in [2.75, 3.05) is 6.54 Å². The maximum Gasteiger partial charge on any atom is 0.221 e.